The number of phenolic OH excluding ortho intramolecular Hbond substituents is 1. The lowest BCUT2D eigenvalue weighted by molar-refractivity contribution is -0.139. The van der Waals surface area contributed by atoms with Gasteiger partial charge in [0.05, 0.1) is 36.0 Å². The van der Waals surface area contributed by atoms with E-state index in [0.717, 1.165) is 10.6 Å². The molecule has 234 valence electrons. The number of benzene rings is 3. The summed E-state index contributed by atoms with van der Waals surface area (Å²) in [4.78, 5) is 69.4. The number of likely N-dealkylation sites (tertiary alicyclic amines) is 1. The quantitative estimate of drug-likeness (QED) is 0.287. The van der Waals surface area contributed by atoms with Crippen molar-refractivity contribution in [2.24, 2.45) is 29.4 Å². The van der Waals surface area contributed by atoms with E-state index in [0.29, 0.717) is 33.0 Å². The van der Waals surface area contributed by atoms with Crippen molar-refractivity contribution >= 4 is 35.3 Å². The van der Waals surface area contributed by atoms with Gasteiger partial charge in [0.25, 0.3) is 11.8 Å². The summed E-state index contributed by atoms with van der Waals surface area (Å²) >= 11 is 0. The Labute approximate surface area is 264 Å². The van der Waals surface area contributed by atoms with Crippen LogP contribution in [-0.2, 0) is 24.6 Å². The zero-order valence-corrected chi connectivity index (χ0v) is 25.2. The highest BCUT2D eigenvalue weighted by atomic mass is 16.5. The van der Waals surface area contributed by atoms with Gasteiger partial charge in [-0.1, -0.05) is 65.7 Å². The summed E-state index contributed by atoms with van der Waals surface area (Å²) in [6.45, 7) is 1.93. The van der Waals surface area contributed by atoms with Gasteiger partial charge in [-0.05, 0) is 49.4 Å². The second-order valence-corrected chi connectivity index (χ2v) is 12.4. The fourth-order valence-corrected chi connectivity index (χ4v) is 8.25. The number of carbonyl (C=O) groups excluding carboxylic acids is 5. The third-order valence-electron chi connectivity index (χ3n) is 10.1. The minimum absolute atomic E-state index is 0.0545. The number of allylic oxidation sites excluding steroid dienone is 2. The first kappa shape index (κ1) is 29.3. The van der Waals surface area contributed by atoms with E-state index in [1.807, 2.05) is 43.3 Å². The van der Waals surface area contributed by atoms with E-state index in [1.54, 1.807) is 30.3 Å². The number of fused-ring (bicyclic) bond motifs is 4. The van der Waals surface area contributed by atoms with Crippen LogP contribution < -0.4 is 15.9 Å². The molecule has 11 heteroatoms. The van der Waals surface area contributed by atoms with Gasteiger partial charge in [-0.15, -0.1) is 0 Å². The smallest absolute Gasteiger partial charge is 0.328 e. The number of urea groups is 1. The number of carbonyl (C=O) groups is 5. The number of amides is 6. The zero-order valence-electron chi connectivity index (χ0n) is 25.2. The van der Waals surface area contributed by atoms with Crippen molar-refractivity contribution < 1.29 is 33.8 Å². The summed E-state index contributed by atoms with van der Waals surface area (Å²) in [7, 11) is 1.45. The average Bonchev–Trinajstić information content (AvgIpc) is 3.43. The second-order valence-electron chi connectivity index (χ2n) is 12.4. The maximum Gasteiger partial charge on any atom is 0.328 e. The van der Waals surface area contributed by atoms with Gasteiger partial charge in [0.2, 0.25) is 11.8 Å². The number of primary amides is 1. The van der Waals surface area contributed by atoms with Crippen molar-refractivity contribution in [1.82, 2.24) is 9.91 Å². The molecule has 0 spiro atoms. The molecule has 4 N–H and O–H groups in total. The minimum atomic E-state index is -1.50. The Balaban J connectivity index is 1.48. The molecule has 1 saturated carbocycles. The summed E-state index contributed by atoms with van der Waals surface area (Å²) in [6.07, 6.45) is 2.08. The Morgan fingerprint density at radius 3 is 2.35 bits per heavy atom. The third-order valence-corrected chi connectivity index (χ3v) is 10.1. The molecular formula is C35H32N4O7. The number of nitrogens with one attached hydrogen (secondary N) is 1. The van der Waals surface area contributed by atoms with Gasteiger partial charge in [-0.3, -0.25) is 24.6 Å². The first-order chi connectivity index (χ1) is 22.1. The molecule has 3 aromatic carbocycles. The fraction of sp³-hybridized carbons (Fsp3) is 0.286. The van der Waals surface area contributed by atoms with E-state index in [-0.39, 0.29) is 18.6 Å². The normalized spacial score (nSPS) is 28.4. The number of aromatic hydroxyl groups is 1. The Morgan fingerprint density at radius 2 is 1.67 bits per heavy atom. The Morgan fingerprint density at radius 1 is 0.957 bits per heavy atom. The topological polar surface area (TPSA) is 159 Å². The number of hydrazine groups is 1. The second kappa shape index (κ2) is 10.6. The predicted molar refractivity (Wildman–Crippen MR) is 165 cm³/mol. The van der Waals surface area contributed by atoms with Gasteiger partial charge in [-0.25, -0.2) is 4.79 Å². The molecule has 4 aliphatic rings. The first-order valence-electron chi connectivity index (χ1n) is 15.1. The van der Waals surface area contributed by atoms with Crippen LogP contribution in [0, 0.1) is 30.6 Å². The van der Waals surface area contributed by atoms with E-state index in [2.05, 4.69) is 5.43 Å². The van der Waals surface area contributed by atoms with Crippen molar-refractivity contribution in [3.63, 3.8) is 0 Å². The number of hydrogen-bond donors (Lipinski definition) is 3. The number of nitrogens with zero attached hydrogens (tertiary/aromatic N) is 2. The van der Waals surface area contributed by atoms with Gasteiger partial charge in [0.15, 0.2) is 0 Å². The van der Waals surface area contributed by atoms with Crippen molar-refractivity contribution in [3.05, 3.63) is 101 Å². The number of methoxy groups -OCH3 is 1. The Bertz CT molecular complexity index is 1840. The Kier molecular flexibility index (Phi) is 6.73. The van der Waals surface area contributed by atoms with Crippen LogP contribution >= 0.6 is 0 Å². The average molecular weight is 621 g/mol. The number of aryl methyl sites for hydroxylation is 1. The van der Waals surface area contributed by atoms with Crippen molar-refractivity contribution in [2.75, 3.05) is 12.5 Å². The van der Waals surface area contributed by atoms with Crippen LogP contribution in [0.1, 0.15) is 35.4 Å². The number of imide groups is 4. The molecule has 6 atom stereocenters. The van der Waals surface area contributed by atoms with Crippen molar-refractivity contribution in [1.29, 1.82) is 0 Å². The molecule has 0 aromatic heterocycles. The largest absolute Gasteiger partial charge is 0.508 e. The van der Waals surface area contributed by atoms with Gasteiger partial charge in [0.1, 0.15) is 11.5 Å². The molecule has 2 aliphatic heterocycles. The van der Waals surface area contributed by atoms with Gasteiger partial charge in [0, 0.05) is 17.5 Å². The van der Waals surface area contributed by atoms with Crippen LogP contribution in [0.3, 0.4) is 0 Å². The molecule has 2 heterocycles. The SMILES string of the molecule is COc1cc(O)ccc1C1C2=CCC3C(=O)N(C(N)=O)C(=O)C3C2CC2C(=O)N(Nc3ccc(C)cc3)C(=O)C21c1ccccc1. The summed E-state index contributed by atoms with van der Waals surface area (Å²) in [6, 6.07) is 19.8. The van der Waals surface area contributed by atoms with Gasteiger partial charge >= 0.3 is 6.03 Å². The van der Waals surface area contributed by atoms with E-state index in [4.69, 9.17) is 10.5 Å². The van der Waals surface area contributed by atoms with Crippen molar-refractivity contribution in [3.8, 4) is 11.5 Å². The van der Waals surface area contributed by atoms with E-state index < -0.39 is 64.7 Å². The molecule has 0 radical (unpaired) electrons. The maximum atomic E-state index is 15.1. The number of ether oxygens (including phenoxy) is 1. The number of anilines is 1. The van der Waals surface area contributed by atoms with Crippen LogP contribution in [-0.4, -0.2) is 51.8 Å². The lowest BCUT2D eigenvalue weighted by Crippen LogP contribution is -2.53. The molecule has 7 rings (SSSR count). The molecule has 2 saturated heterocycles. The number of phenols is 1. The molecule has 3 aromatic rings. The van der Waals surface area contributed by atoms with Crippen molar-refractivity contribution in [2.45, 2.75) is 31.1 Å². The lowest BCUT2D eigenvalue weighted by atomic mass is 9.49. The maximum absolute atomic E-state index is 15.1. The van der Waals surface area contributed by atoms with Crippen LogP contribution in [0.2, 0.25) is 0 Å². The third kappa shape index (κ3) is 4.00. The highest BCUT2D eigenvalue weighted by molar-refractivity contribution is 6.17. The summed E-state index contributed by atoms with van der Waals surface area (Å²) in [5, 5.41) is 11.5. The number of rotatable bonds is 5. The van der Waals surface area contributed by atoms with Crippen LogP contribution in [0.15, 0.2) is 84.4 Å². The molecule has 6 unspecified atom stereocenters. The van der Waals surface area contributed by atoms with Gasteiger partial charge in [-0.2, -0.15) is 9.91 Å². The monoisotopic (exact) mass is 620 g/mol. The van der Waals surface area contributed by atoms with E-state index >= 15 is 4.79 Å². The summed E-state index contributed by atoms with van der Waals surface area (Å²) < 4.78 is 5.75. The van der Waals surface area contributed by atoms with Crippen LogP contribution in [0.25, 0.3) is 0 Å². The van der Waals surface area contributed by atoms with Crippen LogP contribution in [0.5, 0.6) is 11.5 Å². The minimum Gasteiger partial charge on any atom is -0.508 e. The first-order valence-corrected chi connectivity index (χ1v) is 15.1. The highest BCUT2D eigenvalue weighted by Gasteiger charge is 2.70. The standard InChI is InChI=1S/C35H32N4O7/c1-18-8-10-20(11-9-18)37-39-31(42)26-17-25-22(14-15-24-28(25)32(43)38(30(24)41)34(36)45)29(23-13-12-21(40)16-27(23)46-2)35(26,33(39)44)19-6-4-3-5-7-19/h3-14,16,24-26,28-29,37,40H,15,17H2,1-2H3,(H2,36,45). The molecular weight excluding hydrogens is 588 g/mol. The highest BCUT2D eigenvalue weighted by Crippen LogP contribution is 2.65. The molecule has 3 fully saturated rings. The van der Waals surface area contributed by atoms with Gasteiger partial charge < -0.3 is 15.6 Å². The lowest BCUT2D eigenvalue weighted by Gasteiger charge is -2.50. The number of nitrogens with two attached hydrogens (primary N) is 1. The fourth-order valence-electron chi connectivity index (χ4n) is 8.25. The number of hydrogen-bond acceptors (Lipinski definition) is 8. The zero-order chi connectivity index (χ0) is 32.5. The van der Waals surface area contributed by atoms with E-state index in [9.17, 15) is 24.3 Å². The summed E-state index contributed by atoms with van der Waals surface area (Å²) in [5.41, 5.74) is 10.4. The molecule has 2 aliphatic carbocycles. The predicted octanol–water partition coefficient (Wildman–Crippen LogP) is 3.77. The van der Waals surface area contributed by atoms with E-state index in [1.165, 1.54) is 19.2 Å². The molecule has 6 amide bonds. The molecule has 46 heavy (non-hydrogen) atoms. The molecule has 0 bridgehead atoms. The Hall–Kier alpha value is -5.45. The summed E-state index contributed by atoms with van der Waals surface area (Å²) in [5.74, 6) is -6.35. The van der Waals surface area contributed by atoms with Crippen LogP contribution in [0.4, 0.5) is 10.5 Å². The molecule has 11 nitrogen and oxygen atoms in total.